The van der Waals surface area contributed by atoms with Gasteiger partial charge in [0, 0.05) is 39.5 Å². The summed E-state index contributed by atoms with van der Waals surface area (Å²) < 4.78 is 0. The SMILES string of the molecule is c1ccc(N(c2ccccc2)c2ccc(-c3ccc4c(c3)C3(CC3)c3cccc5c(-c6ccc7cc(N(c8ccccc8)c8ccccc8)ccc7c6)ccc-4c35)cc2)cc1. The van der Waals surface area contributed by atoms with Gasteiger partial charge in [0.1, 0.15) is 0 Å². The van der Waals surface area contributed by atoms with Gasteiger partial charge < -0.3 is 9.80 Å². The number of hydrogen-bond acceptors (Lipinski definition) is 2. The van der Waals surface area contributed by atoms with Crippen LogP contribution in [0.4, 0.5) is 34.1 Å². The van der Waals surface area contributed by atoms with Gasteiger partial charge in [0.05, 0.1) is 0 Å². The lowest BCUT2D eigenvalue weighted by Gasteiger charge is -2.30. The molecule has 61 heavy (non-hydrogen) atoms. The normalized spacial score (nSPS) is 13.2. The number of anilines is 6. The molecule has 0 radical (unpaired) electrons. The summed E-state index contributed by atoms with van der Waals surface area (Å²) in [7, 11) is 0. The summed E-state index contributed by atoms with van der Waals surface area (Å²) in [5.41, 5.74) is 17.6. The maximum absolute atomic E-state index is 2.49. The first kappa shape index (κ1) is 35.3. The van der Waals surface area contributed by atoms with E-state index in [1.54, 1.807) is 0 Å². The highest BCUT2D eigenvalue weighted by atomic mass is 15.1. The lowest BCUT2D eigenvalue weighted by Crippen LogP contribution is -2.15. The standard InChI is InChI=1S/C59H42N2/c1-5-14-46(15-6-1)60(47-16-7-2-8-17-47)50-30-26-41(27-31-50)44-29-33-53-55-35-34-52(54-22-13-23-56(58(54)55)59(36-37-59)57(53)40-44)45-25-24-43-39-51(32-28-42(43)38-45)61(48-18-9-3-10-19-48)49-20-11-4-12-21-49/h1-35,38-40H,36-37H2. The van der Waals surface area contributed by atoms with Gasteiger partial charge in [-0.2, -0.15) is 0 Å². The van der Waals surface area contributed by atoms with Crippen LogP contribution in [0.2, 0.25) is 0 Å². The fourth-order valence-electron chi connectivity index (χ4n) is 9.99. The highest BCUT2D eigenvalue weighted by Crippen LogP contribution is 2.62. The van der Waals surface area contributed by atoms with Crippen molar-refractivity contribution in [2.75, 3.05) is 9.80 Å². The molecule has 1 saturated carbocycles. The summed E-state index contributed by atoms with van der Waals surface area (Å²) >= 11 is 0. The third-order valence-electron chi connectivity index (χ3n) is 13.0. The van der Waals surface area contributed by atoms with Crippen molar-refractivity contribution in [3.05, 3.63) is 242 Å². The third kappa shape index (κ3) is 5.94. The predicted molar refractivity (Wildman–Crippen MR) is 257 cm³/mol. The van der Waals surface area contributed by atoms with Gasteiger partial charge in [0.25, 0.3) is 0 Å². The largest absolute Gasteiger partial charge is 0.311 e. The van der Waals surface area contributed by atoms with Crippen LogP contribution in [0, 0.1) is 0 Å². The molecule has 0 heterocycles. The number of nitrogens with zero attached hydrogens (tertiary/aromatic N) is 2. The van der Waals surface area contributed by atoms with Crippen LogP contribution < -0.4 is 9.80 Å². The Morgan fingerprint density at radius 3 is 1.38 bits per heavy atom. The maximum Gasteiger partial charge on any atom is 0.0468 e. The van der Waals surface area contributed by atoms with E-state index in [4.69, 9.17) is 0 Å². The van der Waals surface area contributed by atoms with Crippen LogP contribution in [-0.4, -0.2) is 0 Å². The number of para-hydroxylation sites is 4. The Morgan fingerprint density at radius 1 is 0.295 bits per heavy atom. The zero-order chi connectivity index (χ0) is 40.3. The van der Waals surface area contributed by atoms with Crippen LogP contribution in [0.5, 0.6) is 0 Å². The van der Waals surface area contributed by atoms with Gasteiger partial charge in [0.15, 0.2) is 0 Å². The number of benzene rings is 10. The number of hydrogen-bond donors (Lipinski definition) is 0. The van der Waals surface area contributed by atoms with E-state index in [9.17, 15) is 0 Å². The molecule has 0 atom stereocenters. The van der Waals surface area contributed by atoms with Crippen molar-refractivity contribution in [3.63, 3.8) is 0 Å². The maximum atomic E-state index is 2.49. The van der Waals surface area contributed by atoms with Gasteiger partial charge in [-0.25, -0.2) is 0 Å². The Hall–Kier alpha value is -7.68. The first-order valence-corrected chi connectivity index (χ1v) is 21.4. The van der Waals surface area contributed by atoms with Crippen molar-refractivity contribution in [1.29, 1.82) is 0 Å². The van der Waals surface area contributed by atoms with Gasteiger partial charge in [-0.3, -0.25) is 0 Å². The van der Waals surface area contributed by atoms with Crippen molar-refractivity contribution < 1.29 is 0 Å². The average Bonchev–Trinajstić information content (AvgIpc) is 4.14. The lowest BCUT2D eigenvalue weighted by atomic mass is 9.73. The molecule has 0 amide bonds. The molecule has 1 spiro atoms. The van der Waals surface area contributed by atoms with E-state index in [0.29, 0.717) is 0 Å². The molecular weight excluding hydrogens is 737 g/mol. The second-order valence-electron chi connectivity index (χ2n) is 16.5. The molecule has 2 aliphatic carbocycles. The predicted octanol–water partition coefficient (Wildman–Crippen LogP) is 16.3. The van der Waals surface area contributed by atoms with E-state index in [-0.39, 0.29) is 5.41 Å². The zero-order valence-electron chi connectivity index (χ0n) is 33.7. The van der Waals surface area contributed by atoms with Crippen LogP contribution in [0.3, 0.4) is 0 Å². The van der Waals surface area contributed by atoms with E-state index in [1.807, 2.05) is 0 Å². The minimum Gasteiger partial charge on any atom is -0.311 e. The van der Waals surface area contributed by atoms with Crippen LogP contribution in [0.1, 0.15) is 24.0 Å². The second kappa shape index (κ2) is 14.3. The van der Waals surface area contributed by atoms with Gasteiger partial charge in [0.2, 0.25) is 0 Å². The van der Waals surface area contributed by atoms with Crippen molar-refractivity contribution >= 4 is 55.7 Å². The monoisotopic (exact) mass is 778 g/mol. The van der Waals surface area contributed by atoms with Gasteiger partial charge in [-0.1, -0.05) is 146 Å². The summed E-state index contributed by atoms with van der Waals surface area (Å²) in [6.45, 7) is 0. The minimum absolute atomic E-state index is 0.0526. The summed E-state index contributed by atoms with van der Waals surface area (Å²) in [5.74, 6) is 0. The fraction of sp³-hybridized carbons (Fsp3) is 0.0508. The zero-order valence-corrected chi connectivity index (χ0v) is 33.7. The lowest BCUT2D eigenvalue weighted by molar-refractivity contribution is 0.854. The summed E-state index contributed by atoms with van der Waals surface area (Å²) in [4.78, 5) is 4.65. The van der Waals surface area contributed by atoms with Crippen molar-refractivity contribution in [1.82, 2.24) is 0 Å². The Kier molecular flexibility index (Phi) is 8.24. The topological polar surface area (TPSA) is 6.48 Å². The molecule has 0 saturated heterocycles. The molecule has 10 aromatic rings. The molecule has 2 aliphatic rings. The van der Waals surface area contributed by atoms with Gasteiger partial charge in [-0.15, -0.1) is 0 Å². The Labute approximate surface area is 357 Å². The van der Waals surface area contributed by atoms with E-state index in [2.05, 4.69) is 240 Å². The fourth-order valence-corrected chi connectivity index (χ4v) is 9.99. The highest BCUT2D eigenvalue weighted by molar-refractivity contribution is 6.10. The van der Waals surface area contributed by atoms with Crippen LogP contribution in [0.15, 0.2) is 231 Å². The van der Waals surface area contributed by atoms with Gasteiger partial charge >= 0.3 is 0 Å². The van der Waals surface area contributed by atoms with E-state index in [0.717, 1.165) is 34.1 Å². The van der Waals surface area contributed by atoms with E-state index >= 15 is 0 Å². The van der Waals surface area contributed by atoms with Crippen molar-refractivity contribution in [2.45, 2.75) is 18.3 Å². The summed E-state index contributed by atoms with van der Waals surface area (Å²) in [6.07, 6.45) is 2.35. The molecule has 2 nitrogen and oxygen atoms in total. The van der Waals surface area contributed by atoms with Crippen LogP contribution in [0.25, 0.3) is 54.9 Å². The molecular formula is C59H42N2. The minimum atomic E-state index is 0.0526. The van der Waals surface area contributed by atoms with Crippen molar-refractivity contribution in [3.8, 4) is 33.4 Å². The molecule has 1 fully saturated rings. The quantitative estimate of drug-likeness (QED) is 0.152. The first-order valence-electron chi connectivity index (χ1n) is 21.4. The van der Waals surface area contributed by atoms with E-state index < -0.39 is 0 Å². The highest BCUT2D eigenvalue weighted by Gasteiger charge is 2.50. The molecule has 0 aliphatic heterocycles. The number of fused-ring (bicyclic) bond motifs is 5. The third-order valence-corrected chi connectivity index (χ3v) is 13.0. The molecule has 12 rings (SSSR count). The van der Waals surface area contributed by atoms with Crippen LogP contribution in [-0.2, 0) is 5.41 Å². The van der Waals surface area contributed by atoms with Crippen LogP contribution >= 0.6 is 0 Å². The molecule has 2 heteroatoms. The summed E-state index contributed by atoms with van der Waals surface area (Å²) in [5, 5.41) is 5.21. The molecule has 288 valence electrons. The number of rotatable bonds is 8. The van der Waals surface area contributed by atoms with E-state index in [1.165, 1.54) is 78.9 Å². The Bertz CT molecular complexity index is 3150. The second-order valence-corrected chi connectivity index (χ2v) is 16.5. The molecule has 0 aromatic heterocycles. The Morgan fingerprint density at radius 2 is 0.770 bits per heavy atom. The average molecular weight is 779 g/mol. The Balaban J connectivity index is 0.898. The molecule has 0 N–H and O–H groups in total. The first-order chi connectivity index (χ1) is 30.2. The van der Waals surface area contributed by atoms with Gasteiger partial charge in [-0.05, 0) is 164 Å². The molecule has 0 bridgehead atoms. The summed E-state index contributed by atoms with van der Waals surface area (Å²) in [6, 6.07) is 84.4. The molecule has 10 aromatic carbocycles. The smallest absolute Gasteiger partial charge is 0.0468 e. The molecule has 0 unspecified atom stereocenters. The van der Waals surface area contributed by atoms with Crippen molar-refractivity contribution in [2.24, 2.45) is 0 Å².